The number of amides is 1. The van der Waals surface area contributed by atoms with Gasteiger partial charge in [-0.15, -0.1) is 0 Å². The molecule has 3 aliphatic heterocycles. The predicted octanol–water partition coefficient (Wildman–Crippen LogP) is 3.75. The Bertz CT molecular complexity index is 1300. The minimum Gasteiger partial charge on any atom is -0.329 e. The molecule has 33 heavy (non-hydrogen) atoms. The average molecular weight is 461 g/mol. The molecule has 3 heterocycles. The van der Waals surface area contributed by atoms with Gasteiger partial charge in [-0.2, -0.15) is 9.30 Å². The number of carbonyl (C=O) groups is 1. The molecule has 1 fully saturated rings. The van der Waals surface area contributed by atoms with E-state index in [4.69, 9.17) is 0 Å². The van der Waals surface area contributed by atoms with Gasteiger partial charge in [0.25, 0.3) is 5.91 Å². The van der Waals surface area contributed by atoms with Crippen molar-refractivity contribution in [3.63, 3.8) is 0 Å². The quantitative estimate of drug-likeness (QED) is 0.699. The molecule has 0 aromatic heterocycles. The van der Waals surface area contributed by atoms with Gasteiger partial charge in [-0.05, 0) is 54.8 Å². The summed E-state index contributed by atoms with van der Waals surface area (Å²) in [6, 6.07) is 13.8. The van der Waals surface area contributed by atoms with Crippen molar-refractivity contribution in [3.8, 4) is 0 Å². The number of fused-ring (bicyclic) bond motifs is 2. The average Bonchev–Trinajstić information content (AvgIpc) is 3.01. The number of carbonyl (C=O) groups excluding carboxylic acids is 1. The zero-order valence-corrected chi connectivity index (χ0v) is 18.9. The van der Waals surface area contributed by atoms with Gasteiger partial charge in [-0.3, -0.25) is 4.79 Å². The van der Waals surface area contributed by atoms with Gasteiger partial charge in [-0.25, -0.2) is 13.4 Å². The molecule has 0 atom stereocenters. The second-order valence-corrected chi connectivity index (χ2v) is 10.1. The van der Waals surface area contributed by atoms with E-state index in [1.54, 1.807) is 0 Å². The van der Waals surface area contributed by atoms with Crippen LogP contribution in [0, 0.1) is 0 Å². The fourth-order valence-electron chi connectivity index (χ4n) is 4.20. The number of hydrogen-bond acceptors (Lipinski definition) is 4. The number of amidine groups is 2. The van der Waals surface area contributed by atoms with E-state index in [1.807, 2.05) is 53.6 Å². The zero-order chi connectivity index (χ0) is 22.8. The number of allylic oxidation sites excluding steroid dienone is 2. The molecule has 0 radical (unpaired) electrons. The number of hydrogen-bond donors (Lipinski definition) is 0. The second-order valence-electron chi connectivity index (χ2n) is 8.19. The molecule has 2 aromatic rings. The highest BCUT2D eigenvalue weighted by Gasteiger charge is 2.26. The van der Waals surface area contributed by atoms with Crippen molar-refractivity contribution in [1.82, 2.24) is 9.21 Å². The van der Waals surface area contributed by atoms with Gasteiger partial charge in [-0.1, -0.05) is 36.8 Å². The fraction of sp³-hybridized carbons (Fsp3) is 0.240. The number of piperidine rings is 1. The van der Waals surface area contributed by atoms with Gasteiger partial charge in [0.2, 0.25) is 10.0 Å². The first-order valence-corrected chi connectivity index (χ1v) is 12.5. The van der Waals surface area contributed by atoms with E-state index < -0.39 is 15.9 Å². The number of benzene rings is 2. The van der Waals surface area contributed by atoms with Crippen molar-refractivity contribution in [3.05, 3.63) is 89.6 Å². The summed E-state index contributed by atoms with van der Waals surface area (Å²) in [6.07, 6.45) is 10.5. The summed E-state index contributed by atoms with van der Waals surface area (Å²) in [7, 11) is -3.55. The number of aliphatic imine (C=N–C) groups is 2. The zero-order valence-electron chi connectivity index (χ0n) is 18.1. The molecular formula is C25H24N4O3S. The first-order valence-electron chi connectivity index (χ1n) is 11.0. The minimum atomic E-state index is -3.55. The molecule has 0 saturated carbocycles. The Morgan fingerprint density at radius 1 is 0.939 bits per heavy atom. The van der Waals surface area contributed by atoms with Crippen LogP contribution in [0.2, 0.25) is 0 Å². The molecule has 3 aliphatic rings. The summed E-state index contributed by atoms with van der Waals surface area (Å²) >= 11 is 0. The van der Waals surface area contributed by atoms with E-state index >= 15 is 0 Å². The second kappa shape index (κ2) is 8.88. The lowest BCUT2D eigenvalue weighted by Gasteiger charge is -2.25. The molecule has 0 aliphatic carbocycles. The largest absolute Gasteiger partial charge is 0.329 e. The van der Waals surface area contributed by atoms with Crippen LogP contribution in [0.15, 0.2) is 87.8 Å². The SMILES string of the molecule is O=C(N=C1N=C2C=CC=CN2Cc2ccccc21)c1ccc(S(=O)(=O)N2CCCCC2)cc1. The van der Waals surface area contributed by atoms with E-state index in [9.17, 15) is 13.2 Å². The molecular weight excluding hydrogens is 436 g/mol. The molecule has 0 spiro atoms. The summed E-state index contributed by atoms with van der Waals surface area (Å²) in [5.74, 6) is 0.594. The predicted molar refractivity (Wildman–Crippen MR) is 128 cm³/mol. The molecule has 0 N–H and O–H groups in total. The summed E-state index contributed by atoms with van der Waals surface area (Å²) < 4.78 is 27.3. The van der Waals surface area contributed by atoms with E-state index in [1.165, 1.54) is 28.6 Å². The van der Waals surface area contributed by atoms with Crippen molar-refractivity contribution >= 4 is 27.6 Å². The number of nitrogens with zero attached hydrogens (tertiary/aromatic N) is 4. The highest BCUT2D eigenvalue weighted by Crippen LogP contribution is 2.23. The molecule has 0 bridgehead atoms. The standard InChI is InChI=1S/C25H24N4O3S/c30-25(19-11-13-21(14-12-19)33(31,32)29-16-5-1-6-17-29)27-24-22-9-3-2-8-20(22)18-28-15-7-4-10-23(28)26-24/h2-4,7-15H,1,5-6,16-18H2. The Balaban J connectivity index is 1.45. The van der Waals surface area contributed by atoms with Gasteiger partial charge >= 0.3 is 0 Å². The van der Waals surface area contributed by atoms with Crippen molar-refractivity contribution in [2.24, 2.45) is 9.98 Å². The van der Waals surface area contributed by atoms with E-state index in [0.717, 1.165) is 30.4 Å². The molecule has 168 valence electrons. The maximum Gasteiger partial charge on any atom is 0.279 e. The van der Waals surface area contributed by atoms with E-state index in [2.05, 4.69) is 9.98 Å². The van der Waals surface area contributed by atoms with Crippen LogP contribution in [0.4, 0.5) is 0 Å². The molecule has 1 saturated heterocycles. The Kier molecular flexibility index (Phi) is 5.78. The van der Waals surface area contributed by atoms with Crippen LogP contribution < -0.4 is 0 Å². The van der Waals surface area contributed by atoms with Crippen LogP contribution in [0.25, 0.3) is 0 Å². The van der Waals surface area contributed by atoms with Crippen molar-refractivity contribution in [2.45, 2.75) is 30.7 Å². The Morgan fingerprint density at radius 2 is 1.70 bits per heavy atom. The van der Waals surface area contributed by atoms with Crippen molar-refractivity contribution in [1.29, 1.82) is 0 Å². The summed E-state index contributed by atoms with van der Waals surface area (Å²) in [4.78, 5) is 24.2. The smallest absolute Gasteiger partial charge is 0.279 e. The summed E-state index contributed by atoms with van der Waals surface area (Å²) in [5, 5.41) is 0. The lowest BCUT2D eigenvalue weighted by Crippen LogP contribution is -2.35. The normalized spacial score (nSPS) is 19.6. The van der Waals surface area contributed by atoms with Gasteiger partial charge < -0.3 is 4.90 Å². The van der Waals surface area contributed by atoms with Crippen molar-refractivity contribution < 1.29 is 13.2 Å². The van der Waals surface area contributed by atoms with Crippen LogP contribution in [0.3, 0.4) is 0 Å². The van der Waals surface area contributed by atoms with Crippen LogP contribution in [-0.4, -0.2) is 48.3 Å². The van der Waals surface area contributed by atoms with Crippen molar-refractivity contribution in [2.75, 3.05) is 13.1 Å². The van der Waals surface area contributed by atoms with Gasteiger partial charge in [0.15, 0.2) is 5.84 Å². The molecule has 8 heteroatoms. The monoisotopic (exact) mass is 460 g/mol. The van der Waals surface area contributed by atoms with Crippen LogP contribution in [-0.2, 0) is 16.6 Å². The van der Waals surface area contributed by atoms with Crippen LogP contribution >= 0.6 is 0 Å². The first-order chi connectivity index (χ1) is 16.0. The molecule has 5 rings (SSSR count). The summed E-state index contributed by atoms with van der Waals surface area (Å²) in [5.41, 5.74) is 2.14. The fourth-order valence-corrected chi connectivity index (χ4v) is 5.72. The third-order valence-corrected chi connectivity index (χ3v) is 7.91. The topological polar surface area (TPSA) is 82.4 Å². The number of sulfonamides is 1. The third kappa shape index (κ3) is 4.31. The van der Waals surface area contributed by atoms with Crippen LogP contribution in [0.5, 0.6) is 0 Å². The first kappa shape index (κ1) is 21.5. The molecule has 1 amide bonds. The maximum atomic E-state index is 13.0. The van der Waals surface area contributed by atoms with Gasteiger partial charge in [0, 0.05) is 37.0 Å². The summed E-state index contributed by atoms with van der Waals surface area (Å²) in [6.45, 7) is 1.71. The Morgan fingerprint density at radius 3 is 2.48 bits per heavy atom. The number of rotatable bonds is 3. The van der Waals surface area contributed by atoms with Gasteiger partial charge in [0.1, 0.15) is 5.84 Å². The minimum absolute atomic E-state index is 0.198. The highest BCUT2D eigenvalue weighted by molar-refractivity contribution is 7.89. The van der Waals surface area contributed by atoms with E-state index in [-0.39, 0.29) is 4.90 Å². The molecule has 7 nitrogen and oxygen atoms in total. The van der Waals surface area contributed by atoms with Gasteiger partial charge in [0.05, 0.1) is 4.90 Å². The van der Waals surface area contributed by atoms with Crippen LogP contribution in [0.1, 0.15) is 40.7 Å². The Hall–Kier alpha value is -3.36. The third-order valence-electron chi connectivity index (χ3n) is 6.00. The molecule has 0 unspecified atom stereocenters. The lowest BCUT2D eigenvalue weighted by molar-refractivity contribution is 0.100. The molecule has 2 aromatic carbocycles. The van der Waals surface area contributed by atoms with E-state index in [0.29, 0.717) is 36.9 Å². The highest BCUT2D eigenvalue weighted by atomic mass is 32.2. The Labute approximate surface area is 193 Å². The maximum absolute atomic E-state index is 13.0. The lowest BCUT2D eigenvalue weighted by atomic mass is 10.1.